The Labute approximate surface area is 128 Å². The Morgan fingerprint density at radius 3 is 2.52 bits per heavy atom. The second kappa shape index (κ2) is 9.87. The predicted octanol–water partition coefficient (Wildman–Crippen LogP) is 2.96. The molecule has 0 amide bonds. The summed E-state index contributed by atoms with van der Waals surface area (Å²) in [6, 6.07) is 7.45. The van der Waals surface area contributed by atoms with Crippen LogP contribution in [-0.2, 0) is 0 Å². The molecule has 0 aromatic heterocycles. The minimum absolute atomic E-state index is 0.0339. The fraction of sp³-hybridized carbons (Fsp3) is 0.647. The summed E-state index contributed by atoms with van der Waals surface area (Å²) in [6.45, 7) is 9.16. The number of hydrogen-bond donors (Lipinski definition) is 2. The fourth-order valence-corrected chi connectivity index (χ4v) is 2.57. The average Bonchev–Trinajstić information content (AvgIpc) is 2.46. The average molecular weight is 296 g/mol. The van der Waals surface area contributed by atoms with Gasteiger partial charge in [0.1, 0.15) is 5.82 Å². The molecule has 0 saturated carbocycles. The number of hydrogen-bond acceptors (Lipinski definition) is 3. The SMILES string of the molecule is CCNC(CCN(CCCO)C(C)C)c1ccccc1F. The van der Waals surface area contributed by atoms with Crippen LogP contribution in [0.4, 0.5) is 4.39 Å². The highest BCUT2D eigenvalue weighted by Gasteiger charge is 2.17. The number of nitrogens with zero attached hydrogens (tertiary/aromatic N) is 1. The van der Waals surface area contributed by atoms with Crippen LogP contribution in [0, 0.1) is 5.82 Å². The quantitative estimate of drug-likeness (QED) is 0.697. The van der Waals surface area contributed by atoms with E-state index in [1.54, 1.807) is 6.07 Å². The van der Waals surface area contributed by atoms with Crippen molar-refractivity contribution in [1.29, 1.82) is 0 Å². The summed E-state index contributed by atoms with van der Waals surface area (Å²) in [5.41, 5.74) is 0.741. The fourth-order valence-electron chi connectivity index (χ4n) is 2.57. The number of rotatable bonds is 10. The van der Waals surface area contributed by atoms with Gasteiger partial charge in [-0.15, -0.1) is 0 Å². The normalized spacial score (nSPS) is 13.1. The molecule has 1 aromatic carbocycles. The Kier molecular flexibility index (Phi) is 8.50. The highest BCUT2D eigenvalue weighted by molar-refractivity contribution is 5.21. The zero-order valence-electron chi connectivity index (χ0n) is 13.5. The van der Waals surface area contributed by atoms with Crippen LogP contribution < -0.4 is 5.32 Å². The second-order valence-corrected chi connectivity index (χ2v) is 5.63. The van der Waals surface area contributed by atoms with Gasteiger partial charge in [0.15, 0.2) is 0 Å². The van der Waals surface area contributed by atoms with Gasteiger partial charge in [0, 0.05) is 37.3 Å². The van der Waals surface area contributed by atoms with E-state index in [-0.39, 0.29) is 18.5 Å². The summed E-state index contributed by atoms with van der Waals surface area (Å²) < 4.78 is 14.0. The molecule has 1 aromatic rings. The van der Waals surface area contributed by atoms with E-state index >= 15 is 0 Å². The monoisotopic (exact) mass is 296 g/mol. The van der Waals surface area contributed by atoms with Crippen molar-refractivity contribution in [3.63, 3.8) is 0 Å². The Bertz CT molecular complexity index is 398. The van der Waals surface area contributed by atoms with Gasteiger partial charge in [0.25, 0.3) is 0 Å². The molecule has 1 rings (SSSR count). The third-order valence-electron chi connectivity index (χ3n) is 3.77. The van der Waals surface area contributed by atoms with Gasteiger partial charge in [-0.05, 0) is 39.3 Å². The Morgan fingerprint density at radius 2 is 1.95 bits per heavy atom. The van der Waals surface area contributed by atoms with E-state index in [2.05, 4.69) is 24.1 Å². The lowest BCUT2D eigenvalue weighted by Crippen LogP contribution is -2.35. The van der Waals surface area contributed by atoms with E-state index in [0.717, 1.165) is 38.0 Å². The molecule has 0 bridgehead atoms. The van der Waals surface area contributed by atoms with E-state index in [4.69, 9.17) is 5.11 Å². The molecule has 0 saturated heterocycles. The van der Waals surface area contributed by atoms with E-state index in [9.17, 15) is 4.39 Å². The van der Waals surface area contributed by atoms with Crippen LogP contribution in [0.15, 0.2) is 24.3 Å². The number of halogens is 1. The molecule has 120 valence electrons. The molecule has 0 fully saturated rings. The largest absolute Gasteiger partial charge is 0.396 e. The highest BCUT2D eigenvalue weighted by Crippen LogP contribution is 2.20. The number of benzene rings is 1. The van der Waals surface area contributed by atoms with Crippen LogP contribution >= 0.6 is 0 Å². The summed E-state index contributed by atoms with van der Waals surface area (Å²) in [5, 5.41) is 12.4. The molecule has 2 N–H and O–H groups in total. The maximum atomic E-state index is 14.0. The summed E-state index contributed by atoms with van der Waals surface area (Å²) in [4.78, 5) is 2.33. The molecule has 4 heteroatoms. The maximum absolute atomic E-state index is 14.0. The molecule has 1 atom stereocenters. The van der Waals surface area contributed by atoms with E-state index < -0.39 is 0 Å². The standard InChI is InChI=1S/C17H29FN2O/c1-4-19-17(15-8-5-6-9-16(15)18)10-12-20(14(2)3)11-7-13-21/h5-6,8-9,14,17,19,21H,4,7,10-13H2,1-3H3. The second-order valence-electron chi connectivity index (χ2n) is 5.63. The molecule has 1 unspecified atom stereocenters. The minimum atomic E-state index is -0.144. The van der Waals surface area contributed by atoms with E-state index in [1.165, 1.54) is 6.07 Å². The van der Waals surface area contributed by atoms with Crippen LogP contribution in [0.5, 0.6) is 0 Å². The molecule has 0 aliphatic carbocycles. The van der Waals surface area contributed by atoms with Crippen molar-refractivity contribution in [2.45, 2.75) is 45.7 Å². The van der Waals surface area contributed by atoms with Crippen molar-refractivity contribution < 1.29 is 9.50 Å². The molecule has 3 nitrogen and oxygen atoms in total. The lowest BCUT2D eigenvalue weighted by molar-refractivity contribution is 0.183. The molecule has 0 heterocycles. The van der Waals surface area contributed by atoms with Crippen LogP contribution in [0.1, 0.15) is 45.2 Å². The molecule has 0 aliphatic heterocycles. The van der Waals surface area contributed by atoms with Crippen molar-refractivity contribution in [2.75, 3.05) is 26.2 Å². The Hall–Kier alpha value is -0.970. The summed E-state index contributed by atoms with van der Waals surface area (Å²) in [7, 11) is 0. The number of aliphatic hydroxyl groups excluding tert-OH is 1. The van der Waals surface area contributed by atoms with Gasteiger partial charge in [-0.25, -0.2) is 4.39 Å². The van der Waals surface area contributed by atoms with Crippen molar-refractivity contribution in [2.24, 2.45) is 0 Å². The topological polar surface area (TPSA) is 35.5 Å². The molecular formula is C17H29FN2O. The Balaban J connectivity index is 2.67. The molecule has 0 aliphatic rings. The van der Waals surface area contributed by atoms with Gasteiger partial charge in [0.2, 0.25) is 0 Å². The van der Waals surface area contributed by atoms with E-state index in [1.807, 2.05) is 19.1 Å². The van der Waals surface area contributed by atoms with Gasteiger partial charge in [-0.1, -0.05) is 25.1 Å². The smallest absolute Gasteiger partial charge is 0.127 e. The summed E-state index contributed by atoms with van der Waals surface area (Å²) >= 11 is 0. The van der Waals surface area contributed by atoms with E-state index in [0.29, 0.717) is 6.04 Å². The van der Waals surface area contributed by atoms with Crippen molar-refractivity contribution in [1.82, 2.24) is 10.2 Å². The summed E-state index contributed by atoms with van der Waals surface area (Å²) in [6.07, 6.45) is 1.64. The molecular weight excluding hydrogens is 267 g/mol. The third-order valence-corrected chi connectivity index (χ3v) is 3.77. The van der Waals surface area contributed by atoms with Crippen LogP contribution in [0.3, 0.4) is 0 Å². The molecule has 0 radical (unpaired) electrons. The maximum Gasteiger partial charge on any atom is 0.127 e. The van der Waals surface area contributed by atoms with Gasteiger partial charge >= 0.3 is 0 Å². The van der Waals surface area contributed by atoms with Gasteiger partial charge < -0.3 is 15.3 Å². The van der Waals surface area contributed by atoms with Crippen molar-refractivity contribution in [3.8, 4) is 0 Å². The first-order valence-electron chi connectivity index (χ1n) is 7.92. The van der Waals surface area contributed by atoms with Gasteiger partial charge in [-0.2, -0.15) is 0 Å². The first-order valence-corrected chi connectivity index (χ1v) is 7.92. The molecule has 0 spiro atoms. The summed E-state index contributed by atoms with van der Waals surface area (Å²) in [5.74, 6) is -0.144. The lowest BCUT2D eigenvalue weighted by Gasteiger charge is -2.29. The van der Waals surface area contributed by atoms with Crippen LogP contribution in [-0.4, -0.2) is 42.3 Å². The number of nitrogens with one attached hydrogen (secondary N) is 1. The highest BCUT2D eigenvalue weighted by atomic mass is 19.1. The zero-order chi connectivity index (χ0) is 15.7. The predicted molar refractivity (Wildman–Crippen MR) is 85.8 cm³/mol. The molecule has 21 heavy (non-hydrogen) atoms. The van der Waals surface area contributed by atoms with Crippen LogP contribution in [0.25, 0.3) is 0 Å². The van der Waals surface area contributed by atoms with Gasteiger partial charge in [-0.3, -0.25) is 0 Å². The first-order chi connectivity index (χ1) is 10.1. The number of aliphatic hydroxyl groups is 1. The van der Waals surface area contributed by atoms with Crippen molar-refractivity contribution in [3.05, 3.63) is 35.6 Å². The first kappa shape index (κ1) is 18.1. The Morgan fingerprint density at radius 1 is 1.24 bits per heavy atom. The zero-order valence-corrected chi connectivity index (χ0v) is 13.5. The minimum Gasteiger partial charge on any atom is -0.396 e. The van der Waals surface area contributed by atoms with Gasteiger partial charge in [0.05, 0.1) is 0 Å². The van der Waals surface area contributed by atoms with Crippen molar-refractivity contribution >= 4 is 0 Å². The van der Waals surface area contributed by atoms with Crippen LogP contribution in [0.2, 0.25) is 0 Å². The third kappa shape index (κ3) is 6.12. The lowest BCUT2D eigenvalue weighted by atomic mass is 10.0.